The number of halogens is 1. The van der Waals surface area contributed by atoms with Crippen LogP contribution < -0.4 is 5.56 Å². The first-order chi connectivity index (χ1) is 15.8. The van der Waals surface area contributed by atoms with Crippen LogP contribution >= 0.6 is 11.6 Å². The fourth-order valence-electron chi connectivity index (χ4n) is 4.53. The van der Waals surface area contributed by atoms with Crippen LogP contribution in [0.4, 0.5) is 0 Å². The molecule has 168 valence electrons. The highest BCUT2D eigenvalue weighted by Gasteiger charge is 2.50. The summed E-state index contributed by atoms with van der Waals surface area (Å²) in [7, 11) is 0. The molecule has 2 aliphatic rings. The second kappa shape index (κ2) is 7.81. The zero-order valence-corrected chi connectivity index (χ0v) is 18.5. The van der Waals surface area contributed by atoms with Gasteiger partial charge in [-0.25, -0.2) is 9.78 Å². The molecule has 0 saturated heterocycles. The molecule has 0 radical (unpaired) electrons. The molecule has 5 rings (SSSR count). The Labute approximate surface area is 193 Å². The van der Waals surface area contributed by atoms with Crippen LogP contribution in [0, 0.1) is 0 Å². The summed E-state index contributed by atoms with van der Waals surface area (Å²) < 4.78 is 12.5. The minimum atomic E-state index is -1.78. The van der Waals surface area contributed by atoms with Crippen LogP contribution in [0.25, 0.3) is 22.3 Å². The van der Waals surface area contributed by atoms with Gasteiger partial charge in [-0.15, -0.1) is 0 Å². The van der Waals surface area contributed by atoms with Crippen molar-refractivity contribution in [3.63, 3.8) is 0 Å². The molecular weight excluding hydrogens is 448 g/mol. The highest BCUT2D eigenvalue weighted by atomic mass is 35.5. The van der Waals surface area contributed by atoms with Gasteiger partial charge in [-0.1, -0.05) is 25.1 Å². The third-order valence-electron chi connectivity index (χ3n) is 6.20. The average Bonchev–Trinajstić information content (AvgIpc) is 3.16. The van der Waals surface area contributed by atoms with E-state index in [1.807, 2.05) is 30.3 Å². The highest BCUT2D eigenvalue weighted by molar-refractivity contribution is 6.63. The molecular formula is C24H19ClN2O6. The molecule has 3 aromatic rings. The van der Waals surface area contributed by atoms with Gasteiger partial charge in [-0.2, -0.15) is 0 Å². The van der Waals surface area contributed by atoms with Crippen LogP contribution in [0.5, 0.6) is 0 Å². The first-order valence-corrected chi connectivity index (χ1v) is 11.0. The van der Waals surface area contributed by atoms with Crippen molar-refractivity contribution >= 4 is 39.7 Å². The summed E-state index contributed by atoms with van der Waals surface area (Å²) in [6.45, 7) is 1.80. The van der Waals surface area contributed by atoms with E-state index in [9.17, 15) is 19.2 Å². The largest absolute Gasteiger partial charge is 0.457 e. The molecule has 9 heteroatoms. The number of pyridine rings is 2. The van der Waals surface area contributed by atoms with Crippen LogP contribution in [-0.4, -0.2) is 26.7 Å². The Morgan fingerprint density at radius 2 is 2.00 bits per heavy atom. The molecule has 33 heavy (non-hydrogen) atoms. The number of rotatable bonds is 5. The zero-order valence-electron chi connectivity index (χ0n) is 17.7. The lowest BCUT2D eigenvalue weighted by molar-refractivity contribution is -0.189. The molecule has 0 N–H and O–H groups in total. The lowest BCUT2D eigenvalue weighted by Gasteiger charge is -2.35. The van der Waals surface area contributed by atoms with Crippen molar-refractivity contribution in [3.05, 3.63) is 63.4 Å². The monoisotopic (exact) mass is 466 g/mol. The number of aromatic nitrogens is 2. The molecule has 0 amide bonds. The Balaban J connectivity index is 1.66. The predicted molar refractivity (Wildman–Crippen MR) is 118 cm³/mol. The Bertz CT molecular complexity index is 1410. The van der Waals surface area contributed by atoms with Crippen molar-refractivity contribution in [2.45, 2.75) is 44.9 Å². The average molecular weight is 467 g/mol. The number of cyclic esters (lactones) is 1. The molecule has 0 fully saturated rings. The van der Waals surface area contributed by atoms with E-state index in [0.29, 0.717) is 23.5 Å². The maximum Gasteiger partial charge on any atom is 0.355 e. The van der Waals surface area contributed by atoms with Crippen LogP contribution in [0.3, 0.4) is 0 Å². The first kappa shape index (κ1) is 21.3. The second-order valence-corrected chi connectivity index (χ2v) is 8.51. The summed E-state index contributed by atoms with van der Waals surface area (Å²) in [6, 6.07) is 11.4. The number of para-hydroxylation sites is 1. The van der Waals surface area contributed by atoms with E-state index in [1.54, 1.807) is 17.6 Å². The number of carbonyl (C=O) groups is 3. The van der Waals surface area contributed by atoms with E-state index in [2.05, 4.69) is 0 Å². The van der Waals surface area contributed by atoms with E-state index in [1.165, 1.54) is 0 Å². The van der Waals surface area contributed by atoms with Gasteiger partial charge in [0.2, 0.25) is 10.8 Å². The standard InChI is InChI=1S/C24H19ClN2O6/c1-2-24(33-20(29)8-7-19(25)28)16-10-18-21-14(9-13-5-3-4-6-17(13)26-21)11-27(18)22(30)15(16)12-32-23(24)31/h3-6,9-10H,2,7-8,11-12H2,1H3/t24-/m0/s1. The molecule has 1 atom stereocenters. The van der Waals surface area contributed by atoms with Gasteiger partial charge in [0.15, 0.2) is 0 Å². The van der Waals surface area contributed by atoms with Gasteiger partial charge in [0.05, 0.1) is 35.4 Å². The van der Waals surface area contributed by atoms with E-state index in [0.717, 1.165) is 16.5 Å². The number of hydrogen-bond acceptors (Lipinski definition) is 7. The smallest absolute Gasteiger partial charge is 0.355 e. The number of fused-ring (bicyclic) bond motifs is 5. The lowest BCUT2D eigenvalue weighted by atomic mass is 9.85. The Morgan fingerprint density at radius 1 is 1.21 bits per heavy atom. The molecule has 8 nitrogen and oxygen atoms in total. The molecule has 0 unspecified atom stereocenters. The molecule has 0 bridgehead atoms. The van der Waals surface area contributed by atoms with Crippen molar-refractivity contribution < 1.29 is 23.9 Å². The fraction of sp³-hybridized carbons (Fsp3) is 0.292. The van der Waals surface area contributed by atoms with Gasteiger partial charge in [-0.3, -0.25) is 14.4 Å². The minimum absolute atomic E-state index is 0.0558. The number of esters is 2. The summed E-state index contributed by atoms with van der Waals surface area (Å²) in [5.74, 6) is -1.53. The van der Waals surface area contributed by atoms with Crippen molar-refractivity contribution in [1.82, 2.24) is 9.55 Å². The summed E-state index contributed by atoms with van der Waals surface area (Å²) in [5, 5.41) is 0.279. The van der Waals surface area contributed by atoms with Gasteiger partial charge < -0.3 is 14.0 Å². The molecule has 0 aliphatic carbocycles. The molecule has 2 aromatic heterocycles. The summed E-state index contributed by atoms with van der Waals surface area (Å²) >= 11 is 5.33. The van der Waals surface area contributed by atoms with E-state index in [-0.39, 0.29) is 37.0 Å². The van der Waals surface area contributed by atoms with E-state index in [4.69, 9.17) is 26.1 Å². The molecule has 0 saturated carbocycles. The lowest BCUT2D eigenvalue weighted by Crippen LogP contribution is -2.47. The molecule has 4 heterocycles. The van der Waals surface area contributed by atoms with Crippen molar-refractivity contribution in [1.29, 1.82) is 0 Å². The van der Waals surface area contributed by atoms with Crippen LogP contribution in [-0.2, 0) is 42.6 Å². The first-order valence-electron chi connectivity index (χ1n) is 10.6. The highest BCUT2D eigenvalue weighted by Crippen LogP contribution is 2.41. The molecule has 1 aromatic carbocycles. The summed E-state index contributed by atoms with van der Waals surface area (Å²) in [6.07, 6.45) is -0.452. The predicted octanol–water partition coefficient (Wildman–Crippen LogP) is 3.18. The van der Waals surface area contributed by atoms with E-state index < -0.39 is 22.8 Å². The van der Waals surface area contributed by atoms with Gasteiger partial charge in [0.25, 0.3) is 5.56 Å². The van der Waals surface area contributed by atoms with Crippen LogP contribution in [0.15, 0.2) is 41.2 Å². The zero-order chi connectivity index (χ0) is 23.3. The van der Waals surface area contributed by atoms with Gasteiger partial charge in [0, 0.05) is 22.9 Å². The SMILES string of the molecule is CC[C@@]1(OC(=O)CCC(=O)Cl)C(=O)OCc2c1cc1n(c2=O)Cc2cc3ccccc3nc2-1. The van der Waals surface area contributed by atoms with Gasteiger partial charge >= 0.3 is 11.9 Å². The maximum atomic E-state index is 13.4. The van der Waals surface area contributed by atoms with Gasteiger partial charge in [-0.05, 0) is 36.2 Å². The third kappa shape index (κ3) is 3.33. The Kier molecular flexibility index (Phi) is 5.05. The van der Waals surface area contributed by atoms with E-state index >= 15 is 0 Å². The number of ether oxygens (including phenoxy) is 2. The van der Waals surface area contributed by atoms with Crippen molar-refractivity contribution in [3.8, 4) is 11.4 Å². The summed E-state index contributed by atoms with van der Waals surface area (Å²) in [5.41, 5.74) is 1.34. The number of nitrogens with zero attached hydrogens (tertiary/aromatic N) is 2. The normalized spacial score (nSPS) is 18.3. The second-order valence-electron chi connectivity index (χ2n) is 8.09. The third-order valence-corrected chi connectivity index (χ3v) is 6.39. The van der Waals surface area contributed by atoms with Crippen LogP contribution in [0.1, 0.15) is 42.9 Å². The topological polar surface area (TPSA) is 105 Å². The Hall–Kier alpha value is -3.52. The fourth-order valence-corrected chi connectivity index (χ4v) is 4.62. The molecule has 2 aliphatic heterocycles. The minimum Gasteiger partial charge on any atom is -0.457 e. The number of hydrogen-bond donors (Lipinski definition) is 0. The molecule has 0 spiro atoms. The van der Waals surface area contributed by atoms with Gasteiger partial charge in [0.1, 0.15) is 6.61 Å². The van der Waals surface area contributed by atoms with Crippen molar-refractivity contribution in [2.75, 3.05) is 0 Å². The number of benzene rings is 1. The quantitative estimate of drug-likeness (QED) is 0.328. The van der Waals surface area contributed by atoms with Crippen molar-refractivity contribution in [2.24, 2.45) is 0 Å². The van der Waals surface area contributed by atoms with Crippen LogP contribution in [0.2, 0.25) is 0 Å². The summed E-state index contributed by atoms with van der Waals surface area (Å²) in [4.78, 5) is 54.6. The Morgan fingerprint density at radius 3 is 2.76 bits per heavy atom. The maximum absolute atomic E-state index is 13.4. The number of carbonyl (C=O) groups excluding carboxylic acids is 3.